The molecule has 1 amide bonds. The summed E-state index contributed by atoms with van der Waals surface area (Å²) in [6.07, 6.45) is 0. The highest BCUT2D eigenvalue weighted by Gasteiger charge is 2.13. The fourth-order valence-corrected chi connectivity index (χ4v) is 3.01. The van der Waals surface area contributed by atoms with Crippen LogP contribution in [0, 0.1) is 0 Å². The number of aromatic nitrogens is 1. The number of anilines is 1. The van der Waals surface area contributed by atoms with Gasteiger partial charge in [0.05, 0.1) is 10.2 Å². The summed E-state index contributed by atoms with van der Waals surface area (Å²) in [5, 5.41) is 2.63. The van der Waals surface area contributed by atoms with Crippen LogP contribution in [0.1, 0.15) is 19.5 Å². The molecule has 0 saturated heterocycles. The van der Waals surface area contributed by atoms with E-state index in [0.29, 0.717) is 18.3 Å². The average molecular weight is 355 g/mol. The number of rotatable bonds is 5. The summed E-state index contributed by atoms with van der Waals surface area (Å²) >= 11 is 4.88. The van der Waals surface area contributed by atoms with Crippen molar-refractivity contribution in [3.63, 3.8) is 0 Å². The Kier molecular flexibility index (Phi) is 5.14. The number of hydrogen-bond acceptors (Lipinski definition) is 4. The summed E-state index contributed by atoms with van der Waals surface area (Å²) < 4.78 is 6.62. The van der Waals surface area contributed by atoms with Gasteiger partial charge < -0.3 is 4.74 Å². The van der Waals surface area contributed by atoms with E-state index in [1.807, 2.05) is 36.6 Å². The van der Waals surface area contributed by atoms with Crippen molar-refractivity contribution in [1.82, 2.24) is 4.98 Å². The Balaban J connectivity index is 2.03. The first-order valence-corrected chi connectivity index (χ1v) is 7.89. The highest BCUT2D eigenvalue weighted by Crippen LogP contribution is 2.26. The first-order valence-electron chi connectivity index (χ1n) is 6.21. The van der Waals surface area contributed by atoms with Gasteiger partial charge in [0.2, 0.25) is 5.91 Å². The van der Waals surface area contributed by atoms with E-state index >= 15 is 0 Å². The Morgan fingerprint density at radius 2 is 2.20 bits per heavy atom. The number of thiazole rings is 1. The lowest BCUT2D eigenvalue weighted by molar-refractivity contribution is -0.116. The summed E-state index contributed by atoms with van der Waals surface area (Å²) in [6, 6.07) is 7.67. The highest BCUT2D eigenvalue weighted by molar-refractivity contribution is 9.10. The van der Waals surface area contributed by atoms with Gasteiger partial charge >= 0.3 is 0 Å². The molecule has 6 heteroatoms. The summed E-state index contributed by atoms with van der Waals surface area (Å²) in [5.74, 6) is 0.779. The van der Waals surface area contributed by atoms with Crippen LogP contribution >= 0.6 is 27.3 Å². The molecule has 0 atom stereocenters. The second-order valence-electron chi connectivity index (χ2n) is 4.10. The lowest BCUT2D eigenvalue weighted by atomic mass is 10.3. The van der Waals surface area contributed by atoms with E-state index in [9.17, 15) is 4.79 Å². The van der Waals surface area contributed by atoms with Crippen molar-refractivity contribution in [2.45, 2.75) is 20.5 Å². The van der Waals surface area contributed by atoms with E-state index < -0.39 is 0 Å². The van der Waals surface area contributed by atoms with E-state index in [1.165, 1.54) is 11.3 Å². The van der Waals surface area contributed by atoms with Crippen LogP contribution in [-0.2, 0) is 11.4 Å². The first-order chi connectivity index (χ1) is 9.61. The number of carbonyl (C=O) groups excluding carboxylic acids is 1. The summed E-state index contributed by atoms with van der Waals surface area (Å²) in [6.45, 7) is 4.48. The van der Waals surface area contributed by atoms with Crippen LogP contribution in [0.25, 0.3) is 0 Å². The molecule has 0 aliphatic carbocycles. The zero-order valence-corrected chi connectivity index (χ0v) is 13.7. The Bertz CT molecular complexity index is 600. The molecule has 0 saturated carbocycles. The molecule has 1 aromatic carbocycles. The van der Waals surface area contributed by atoms with Crippen LogP contribution in [0.5, 0.6) is 5.75 Å². The summed E-state index contributed by atoms with van der Waals surface area (Å²) in [7, 11) is 0. The molecule has 0 unspecified atom stereocenters. The van der Waals surface area contributed by atoms with Crippen LogP contribution in [-0.4, -0.2) is 17.4 Å². The number of amides is 1. The lowest BCUT2D eigenvalue weighted by Gasteiger charge is -2.14. The second-order valence-corrected chi connectivity index (χ2v) is 5.79. The molecule has 20 heavy (non-hydrogen) atoms. The van der Waals surface area contributed by atoms with Gasteiger partial charge in [0.15, 0.2) is 5.13 Å². The van der Waals surface area contributed by atoms with Crippen LogP contribution < -0.4 is 9.64 Å². The Morgan fingerprint density at radius 3 is 2.85 bits per heavy atom. The van der Waals surface area contributed by atoms with Crippen LogP contribution in [0.3, 0.4) is 0 Å². The van der Waals surface area contributed by atoms with Crippen molar-refractivity contribution in [3.8, 4) is 5.75 Å². The SMILES string of the molecule is CCN(C(C)=O)c1nc(COc2ccccc2Br)cs1. The van der Waals surface area contributed by atoms with Gasteiger partial charge in [0.1, 0.15) is 12.4 Å². The van der Waals surface area contributed by atoms with Crippen LogP contribution in [0.2, 0.25) is 0 Å². The predicted molar refractivity (Wildman–Crippen MR) is 84.3 cm³/mol. The van der Waals surface area contributed by atoms with E-state index in [-0.39, 0.29) is 5.91 Å². The number of para-hydroxylation sites is 1. The molecule has 0 N–H and O–H groups in total. The van der Waals surface area contributed by atoms with Gasteiger partial charge in [-0.3, -0.25) is 9.69 Å². The Morgan fingerprint density at radius 1 is 1.45 bits per heavy atom. The van der Waals surface area contributed by atoms with E-state index in [4.69, 9.17) is 4.74 Å². The van der Waals surface area contributed by atoms with Crippen molar-refractivity contribution in [2.24, 2.45) is 0 Å². The normalized spacial score (nSPS) is 10.3. The van der Waals surface area contributed by atoms with Gasteiger partial charge in [-0.2, -0.15) is 0 Å². The molecule has 0 fully saturated rings. The molecule has 106 valence electrons. The van der Waals surface area contributed by atoms with E-state index in [1.54, 1.807) is 11.8 Å². The quantitative estimate of drug-likeness (QED) is 0.818. The predicted octanol–water partition coefficient (Wildman–Crippen LogP) is 3.86. The largest absolute Gasteiger partial charge is 0.486 e. The topological polar surface area (TPSA) is 42.4 Å². The molecule has 2 aromatic rings. The molecule has 0 bridgehead atoms. The minimum Gasteiger partial charge on any atom is -0.486 e. The molecule has 0 aliphatic heterocycles. The first kappa shape index (κ1) is 15.0. The lowest BCUT2D eigenvalue weighted by Crippen LogP contribution is -2.27. The molecule has 1 aromatic heterocycles. The zero-order chi connectivity index (χ0) is 14.5. The Labute approximate surface area is 130 Å². The zero-order valence-electron chi connectivity index (χ0n) is 11.3. The molecular weight excluding hydrogens is 340 g/mol. The number of halogens is 1. The van der Waals surface area contributed by atoms with Crippen molar-refractivity contribution in [3.05, 3.63) is 39.8 Å². The fraction of sp³-hybridized carbons (Fsp3) is 0.286. The van der Waals surface area contributed by atoms with E-state index in [2.05, 4.69) is 20.9 Å². The minimum atomic E-state index is 0.000113. The second kappa shape index (κ2) is 6.85. The monoisotopic (exact) mass is 354 g/mol. The smallest absolute Gasteiger partial charge is 0.225 e. The number of nitrogens with zero attached hydrogens (tertiary/aromatic N) is 2. The Hall–Kier alpha value is -1.40. The molecule has 1 heterocycles. The fourth-order valence-electron chi connectivity index (χ4n) is 1.69. The third-order valence-electron chi connectivity index (χ3n) is 2.68. The molecule has 4 nitrogen and oxygen atoms in total. The maximum atomic E-state index is 11.5. The van der Waals surface area contributed by atoms with Crippen molar-refractivity contribution < 1.29 is 9.53 Å². The van der Waals surface area contributed by atoms with Gasteiger partial charge in [-0.05, 0) is 35.0 Å². The van der Waals surface area contributed by atoms with Crippen LogP contribution in [0.4, 0.5) is 5.13 Å². The van der Waals surface area contributed by atoms with Crippen molar-refractivity contribution in [1.29, 1.82) is 0 Å². The number of benzene rings is 1. The molecule has 2 rings (SSSR count). The number of hydrogen-bond donors (Lipinski definition) is 0. The van der Waals surface area contributed by atoms with Crippen molar-refractivity contribution in [2.75, 3.05) is 11.4 Å². The third kappa shape index (κ3) is 3.58. The summed E-state index contributed by atoms with van der Waals surface area (Å²) in [5.41, 5.74) is 0.820. The molecular formula is C14H15BrN2O2S. The molecule has 0 radical (unpaired) electrons. The molecule has 0 aliphatic rings. The maximum absolute atomic E-state index is 11.5. The van der Waals surface area contributed by atoms with Gasteiger partial charge in [-0.25, -0.2) is 4.98 Å². The molecule has 0 spiro atoms. The van der Waals surface area contributed by atoms with Crippen molar-refractivity contribution >= 4 is 38.3 Å². The van der Waals surface area contributed by atoms with Crippen LogP contribution in [0.15, 0.2) is 34.1 Å². The van der Waals surface area contributed by atoms with Gasteiger partial charge in [0, 0.05) is 18.8 Å². The van der Waals surface area contributed by atoms with Gasteiger partial charge in [0.25, 0.3) is 0 Å². The summed E-state index contributed by atoms with van der Waals surface area (Å²) in [4.78, 5) is 17.5. The highest BCUT2D eigenvalue weighted by atomic mass is 79.9. The number of ether oxygens (including phenoxy) is 1. The van der Waals surface area contributed by atoms with E-state index in [0.717, 1.165) is 15.9 Å². The average Bonchev–Trinajstić information content (AvgIpc) is 2.87. The van der Waals surface area contributed by atoms with Gasteiger partial charge in [-0.15, -0.1) is 11.3 Å². The third-order valence-corrected chi connectivity index (χ3v) is 4.25. The standard InChI is InChI=1S/C14H15BrN2O2S/c1-3-17(10(2)18)14-16-11(9-20-14)8-19-13-7-5-4-6-12(13)15/h4-7,9H,3,8H2,1-2H3. The van der Waals surface area contributed by atoms with Gasteiger partial charge in [-0.1, -0.05) is 12.1 Å². The maximum Gasteiger partial charge on any atom is 0.225 e. The number of carbonyl (C=O) groups is 1. The minimum absolute atomic E-state index is 0.000113.